The molecule has 0 aliphatic rings. The minimum atomic E-state index is -0.620. The molecule has 0 aromatic carbocycles. The topological polar surface area (TPSA) is 84.5 Å². The molecule has 1 atom stereocenters. The van der Waals surface area contributed by atoms with E-state index in [0.717, 1.165) is 0 Å². The van der Waals surface area contributed by atoms with E-state index in [9.17, 15) is 14.4 Å². The molecule has 0 spiro atoms. The predicted molar refractivity (Wildman–Crippen MR) is 66.8 cm³/mol. The highest BCUT2D eigenvalue weighted by Crippen LogP contribution is 2.06. The second-order valence-electron chi connectivity index (χ2n) is 4.97. The van der Waals surface area contributed by atoms with Crippen molar-refractivity contribution >= 4 is 17.8 Å². The van der Waals surface area contributed by atoms with Gasteiger partial charge in [0.05, 0.1) is 0 Å². The van der Waals surface area contributed by atoms with Crippen molar-refractivity contribution in [3.05, 3.63) is 0 Å². The van der Waals surface area contributed by atoms with Gasteiger partial charge in [0.25, 0.3) is 0 Å². The average molecular weight is 258 g/mol. The SMILES string of the molecule is CC[C@H](NC(C)=O)C(=O)NCC(=O)OC(C)(C)C. The molecule has 0 fully saturated rings. The molecule has 0 aromatic heterocycles. The van der Waals surface area contributed by atoms with Crippen LogP contribution in [-0.2, 0) is 19.1 Å². The van der Waals surface area contributed by atoms with Gasteiger partial charge in [-0.05, 0) is 27.2 Å². The number of nitrogens with one attached hydrogen (secondary N) is 2. The van der Waals surface area contributed by atoms with Gasteiger partial charge >= 0.3 is 5.97 Å². The first-order valence-electron chi connectivity index (χ1n) is 5.92. The summed E-state index contributed by atoms with van der Waals surface area (Å²) >= 11 is 0. The van der Waals surface area contributed by atoms with Crippen LogP contribution < -0.4 is 10.6 Å². The molecular formula is C12H22N2O4. The lowest BCUT2D eigenvalue weighted by Gasteiger charge is -2.20. The van der Waals surface area contributed by atoms with Crippen molar-refractivity contribution in [1.29, 1.82) is 0 Å². The van der Waals surface area contributed by atoms with Gasteiger partial charge in [0.2, 0.25) is 11.8 Å². The summed E-state index contributed by atoms with van der Waals surface area (Å²) in [5, 5.41) is 4.93. The van der Waals surface area contributed by atoms with Crippen LogP contribution in [0.3, 0.4) is 0 Å². The van der Waals surface area contributed by atoms with E-state index in [1.165, 1.54) is 6.92 Å². The molecule has 6 nitrogen and oxygen atoms in total. The first kappa shape index (κ1) is 16.4. The minimum Gasteiger partial charge on any atom is -0.459 e. The number of rotatable bonds is 5. The molecule has 18 heavy (non-hydrogen) atoms. The van der Waals surface area contributed by atoms with E-state index in [0.29, 0.717) is 6.42 Å². The molecule has 0 heterocycles. The van der Waals surface area contributed by atoms with Crippen LogP contribution in [0.1, 0.15) is 41.0 Å². The molecule has 0 rings (SSSR count). The van der Waals surface area contributed by atoms with E-state index in [4.69, 9.17) is 4.74 Å². The third-order valence-electron chi connectivity index (χ3n) is 1.93. The summed E-state index contributed by atoms with van der Waals surface area (Å²) in [7, 11) is 0. The molecule has 0 aliphatic heterocycles. The molecule has 6 heteroatoms. The van der Waals surface area contributed by atoms with Crippen LogP contribution in [0.2, 0.25) is 0 Å². The van der Waals surface area contributed by atoms with Gasteiger partial charge in [-0.15, -0.1) is 0 Å². The lowest BCUT2D eigenvalue weighted by Crippen LogP contribution is -2.47. The molecule has 0 aliphatic carbocycles. The first-order valence-corrected chi connectivity index (χ1v) is 5.92. The highest BCUT2D eigenvalue weighted by molar-refractivity contribution is 5.89. The minimum absolute atomic E-state index is 0.202. The van der Waals surface area contributed by atoms with E-state index in [-0.39, 0.29) is 12.5 Å². The monoisotopic (exact) mass is 258 g/mol. The Morgan fingerprint density at radius 1 is 1.22 bits per heavy atom. The third-order valence-corrected chi connectivity index (χ3v) is 1.93. The van der Waals surface area contributed by atoms with Gasteiger partial charge in [-0.3, -0.25) is 14.4 Å². The van der Waals surface area contributed by atoms with Crippen LogP contribution in [0.25, 0.3) is 0 Å². The van der Waals surface area contributed by atoms with Crippen molar-refractivity contribution < 1.29 is 19.1 Å². The zero-order chi connectivity index (χ0) is 14.3. The van der Waals surface area contributed by atoms with Gasteiger partial charge in [0, 0.05) is 6.92 Å². The number of hydrogen-bond acceptors (Lipinski definition) is 4. The summed E-state index contributed by atoms with van der Waals surface area (Å²) in [6, 6.07) is -0.620. The molecule has 0 saturated heterocycles. The zero-order valence-corrected chi connectivity index (χ0v) is 11.6. The van der Waals surface area contributed by atoms with Gasteiger partial charge in [-0.1, -0.05) is 6.92 Å². The van der Waals surface area contributed by atoms with Crippen LogP contribution in [0, 0.1) is 0 Å². The quantitative estimate of drug-likeness (QED) is 0.697. The first-order chi connectivity index (χ1) is 8.15. The number of carbonyl (C=O) groups is 3. The average Bonchev–Trinajstić information content (AvgIpc) is 2.19. The summed E-state index contributed by atoms with van der Waals surface area (Å²) in [6.07, 6.45) is 0.458. The lowest BCUT2D eigenvalue weighted by molar-refractivity contribution is -0.154. The fourth-order valence-corrected chi connectivity index (χ4v) is 1.26. The Balaban J connectivity index is 4.16. The Kier molecular flexibility index (Phi) is 6.36. The highest BCUT2D eigenvalue weighted by atomic mass is 16.6. The number of hydrogen-bond donors (Lipinski definition) is 2. The summed E-state index contributed by atoms with van der Waals surface area (Å²) in [5.41, 5.74) is -0.580. The molecule has 0 aromatic rings. The van der Waals surface area contributed by atoms with Crippen molar-refractivity contribution in [2.75, 3.05) is 6.54 Å². The normalized spacial score (nSPS) is 12.5. The van der Waals surface area contributed by atoms with Crippen molar-refractivity contribution in [2.24, 2.45) is 0 Å². The Morgan fingerprint density at radius 3 is 2.17 bits per heavy atom. The van der Waals surface area contributed by atoms with E-state index in [1.54, 1.807) is 27.7 Å². The second-order valence-corrected chi connectivity index (χ2v) is 4.97. The van der Waals surface area contributed by atoms with Crippen LogP contribution >= 0.6 is 0 Å². The maximum absolute atomic E-state index is 11.6. The van der Waals surface area contributed by atoms with Crippen LogP contribution in [-0.4, -0.2) is 36.0 Å². The molecular weight excluding hydrogens is 236 g/mol. The van der Waals surface area contributed by atoms with Crippen LogP contribution in [0.15, 0.2) is 0 Å². The summed E-state index contributed by atoms with van der Waals surface area (Å²) in [5.74, 6) is -1.18. The van der Waals surface area contributed by atoms with E-state index < -0.39 is 23.5 Å². The summed E-state index contributed by atoms with van der Waals surface area (Å²) < 4.78 is 5.04. The van der Waals surface area contributed by atoms with Crippen molar-refractivity contribution in [3.63, 3.8) is 0 Å². The van der Waals surface area contributed by atoms with Gasteiger partial charge in [-0.25, -0.2) is 0 Å². The standard InChI is InChI=1S/C12H22N2O4/c1-6-9(14-8(2)15)11(17)13-7-10(16)18-12(3,4)5/h9H,6-7H2,1-5H3,(H,13,17)(H,14,15)/t9-/m0/s1. The maximum atomic E-state index is 11.6. The Bertz CT molecular complexity index is 321. The molecule has 104 valence electrons. The Labute approximate surface area is 107 Å². The number of esters is 1. The summed E-state index contributed by atoms with van der Waals surface area (Å²) in [6.45, 7) is 8.15. The number of ether oxygens (including phenoxy) is 1. The highest BCUT2D eigenvalue weighted by Gasteiger charge is 2.20. The third kappa shape index (κ3) is 7.65. The second kappa shape index (κ2) is 6.98. The van der Waals surface area contributed by atoms with Gasteiger partial charge in [0.15, 0.2) is 0 Å². The number of carbonyl (C=O) groups excluding carboxylic acids is 3. The van der Waals surface area contributed by atoms with E-state index in [2.05, 4.69) is 10.6 Å². The van der Waals surface area contributed by atoms with Crippen molar-refractivity contribution in [1.82, 2.24) is 10.6 Å². The fourth-order valence-electron chi connectivity index (χ4n) is 1.26. The van der Waals surface area contributed by atoms with Gasteiger partial charge in [0.1, 0.15) is 18.2 Å². The van der Waals surface area contributed by atoms with Crippen LogP contribution in [0.4, 0.5) is 0 Å². The molecule has 2 N–H and O–H groups in total. The Morgan fingerprint density at radius 2 is 1.78 bits per heavy atom. The van der Waals surface area contributed by atoms with Crippen molar-refractivity contribution in [3.8, 4) is 0 Å². The molecule has 0 unspecified atom stereocenters. The molecule has 0 saturated carbocycles. The number of amides is 2. The predicted octanol–water partition coefficient (Wildman–Crippen LogP) is 0.359. The smallest absolute Gasteiger partial charge is 0.325 e. The van der Waals surface area contributed by atoms with Crippen molar-refractivity contribution in [2.45, 2.75) is 52.7 Å². The fraction of sp³-hybridized carbons (Fsp3) is 0.750. The Hall–Kier alpha value is -1.59. The van der Waals surface area contributed by atoms with Gasteiger partial charge < -0.3 is 15.4 Å². The summed E-state index contributed by atoms with van der Waals surface area (Å²) in [4.78, 5) is 33.9. The molecule has 0 bridgehead atoms. The maximum Gasteiger partial charge on any atom is 0.325 e. The zero-order valence-electron chi connectivity index (χ0n) is 11.6. The lowest BCUT2D eigenvalue weighted by atomic mass is 10.2. The van der Waals surface area contributed by atoms with E-state index >= 15 is 0 Å². The van der Waals surface area contributed by atoms with Crippen LogP contribution in [0.5, 0.6) is 0 Å². The van der Waals surface area contributed by atoms with Gasteiger partial charge in [-0.2, -0.15) is 0 Å². The largest absolute Gasteiger partial charge is 0.459 e. The van der Waals surface area contributed by atoms with E-state index in [1.807, 2.05) is 0 Å². The molecule has 2 amide bonds. The molecule has 0 radical (unpaired) electrons.